The van der Waals surface area contributed by atoms with Crippen molar-refractivity contribution in [2.24, 2.45) is 0 Å². The fraction of sp³-hybridized carbons (Fsp3) is 0.222. The van der Waals surface area contributed by atoms with Gasteiger partial charge in [0.15, 0.2) is 0 Å². The molecule has 2 nitrogen and oxygen atoms in total. The maximum absolute atomic E-state index is 10.7. The summed E-state index contributed by atoms with van der Waals surface area (Å²) in [6.45, 7) is 3.61. The van der Waals surface area contributed by atoms with Gasteiger partial charge in [0.25, 0.3) is 0 Å². The van der Waals surface area contributed by atoms with Crippen molar-refractivity contribution in [3.8, 4) is 0 Å². The number of carboxylic acid groups (broad SMARTS) is 1. The van der Waals surface area contributed by atoms with Crippen molar-refractivity contribution < 1.29 is 9.90 Å². The van der Waals surface area contributed by atoms with Crippen molar-refractivity contribution in [3.63, 3.8) is 0 Å². The van der Waals surface area contributed by atoms with Gasteiger partial charge in [0, 0.05) is 4.90 Å². The second-order valence-electron chi connectivity index (χ2n) is 2.73. The summed E-state index contributed by atoms with van der Waals surface area (Å²) in [6.07, 6.45) is 0. The molecule has 0 bridgehead atoms. The summed E-state index contributed by atoms with van der Waals surface area (Å²) in [5.74, 6) is -0.916. The molecule has 0 radical (unpaired) electrons. The van der Waals surface area contributed by atoms with Crippen molar-refractivity contribution in [1.29, 1.82) is 0 Å². The first-order valence-corrected chi connectivity index (χ1v) is 4.01. The lowest BCUT2D eigenvalue weighted by molar-refractivity contribution is 0.0692. The Bertz CT molecular complexity index is 332. The first-order chi connectivity index (χ1) is 5.54. The Kier molecular flexibility index (Phi) is 2.43. The highest BCUT2D eigenvalue weighted by molar-refractivity contribution is 7.80. The minimum absolute atomic E-state index is 0.304. The Hall–Kier alpha value is -0.960. The SMILES string of the molecule is Cc1ccc(C)c(C(=O)O)c1S. The largest absolute Gasteiger partial charge is 0.478 e. The van der Waals surface area contributed by atoms with Gasteiger partial charge in [0.1, 0.15) is 0 Å². The molecule has 0 saturated carbocycles. The summed E-state index contributed by atoms with van der Waals surface area (Å²) < 4.78 is 0. The van der Waals surface area contributed by atoms with Crippen LogP contribution in [0.1, 0.15) is 21.5 Å². The third-order valence-electron chi connectivity index (χ3n) is 1.80. The summed E-state index contributed by atoms with van der Waals surface area (Å²) in [4.78, 5) is 11.3. The number of thiol groups is 1. The standard InChI is InChI=1S/C9H10O2S/c1-5-3-4-6(2)8(12)7(5)9(10)11/h3-4,12H,1-2H3,(H,10,11). The quantitative estimate of drug-likeness (QED) is 0.654. The van der Waals surface area contributed by atoms with Crippen LogP contribution in [0.15, 0.2) is 17.0 Å². The second-order valence-corrected chi connectivity index (χ2v) is 3.18. The molecule has 0 spiro atoms. The average molecular weight is 182 g/mol. The van der Waals surface area contributed by atoms with Crippen LogP contribution < -0.4 is 0 Å². The van der Waals surface area contributed by atoms with E-state index in [4.69, 9.17) is 5.11 Å². The van der Waals surface area contributed by atoms with Crippen LogP contribution in [-0.2, 0) is 0 Å². The van der Waals surface area contributed by atoms with Crippen LogP contribution in [-0.4, -0.2) is 11.1 Å². The van der Waals surface area contributed by atoms with Gasteiger partial charge in [0.2, 0.25) is 0 Å². The maximum Gasteiger partial charge on any atom is 0.337 e. The highest BCUT2D eigenvalue weighted by Crippen LogP contribution is 2.21. The molecule has 1 N–H and O–H groups in total. The molecule has 0 atom stereocenters. The van der Waals surface area contributed by atoms with Gasteiger partial charge in [0.05, 0.1) is 5.56 Å². The summed E-state index contributed by atoms with van der Waals surface area (Å²) >= 11 is 4.14. The molecular weight excluding hydrogens is 172 g/mol. The molecule has 0 fully saturated rings. The van der Waals surface area contributed by atoms with Gasteiger partial charge in [-0.25, -0.2) is 4.79 Å². The second kappa shape index (κ2) is 3.19. The fourth-order valence-electron chi connectivity index (χ4n) is 1.07. The van der Waals surface area contributed by atoms with Gasteiger partial charge in [-0.3, -0.25) is 0 Å². The molecule has 3 heteroatoms. The van der Waals surface area contributed by atoms with Gasteiger partial charge in [-0.05, 0) is 25.0 Å². The third-order valence-corrected chi connectivity index (χ3v) is 2.38. The van der Waals surface area contributed by atoms with Gasteiger partial charge < -0.3 is 5.11 Å². The molecule has 0 aromatic heterocycles. The van der Waals surface area contributed by atoms with E-state index < -0.39 is 5.97 Å². The first-order valence-electron chi connectivity index (χ1n) is 3.56. The van der Waals surface area contributed by atoms with Crippen molar-refractivity contribution in [2.75, 3.05) is 0 Å². The van der Waals surface area contributed by atoms with Crippen LogP contribution >= 0.6 is 12.6 Å². The summed E-state index contributed by atoms with van der Waals surface area (Å²) in [5.41, 5.74) is 1.94. The lowest BCUT2D eigenvalue weighted by atomic mass is 10.1. The highest BCUT2D eigenvalue weighted by Gasteiger charge is 2.11. The summed E-state index contributed by atoms with van der Waals surface area (Å²) in [7, 11) is 0. The number of aryl methyl sites for hydroxylation is 2. The van der Waals surface area contributed by atoms with Gasteiger partial charge in [-0.1, -0.05) is 12.1 Å². The van der Waals surface area contributed by atoms with E-state index in [0.717, 1.165) is 11.1 Å². The smallest absolute Gasteiger partial charge is 0.337 e. The molecule has 0 aliphatic heterocycles. The Labute approximate surface area is 76.6 Å². The molecule has 0 unspecified atom stereocenters. The van der Waals surface area contributed by atoms with E-state index in [1.54, 1.807) is 13.0 Å². The zero-order valence-corrected chi connectivity index (χ0v) is 7.85. The van der Waals surface area contributed by atoms with E-state index in [0.29, 0.717) is 10.5 Å². The summed E-state index contributed by atoms with van der Waals surface area (Å²) in [6, 6.07) is 3.66. The maximum atomic E-state index is 10.7. The van der Waals surface area contributed by atoms with E-state index in [1.807, 2.05) is 13.0 Å². The third kappa shape index (κ3) is 1.46. The van der Waals surface area contributed by atoms with Crippen molar-refractivity contribution in [2.45, 2.75) is 18.7 Å². The highest BCUT2D eigenvalue weighted by atomic mass is 32.1. The fourth-order valence-corrected chi connectivity index (χ4v) is 1.41. The van der Waals surface area contributed by atoms with Crippen molar-refractivity contribution in [3.05, 3.63) is 28.8 Å². The predicted octanol–water partition coefficient (Wildman–Crippen LogP) is 2.29. The van der Waals surface area contributed by atoms with Crippen LogP contribution in [0.3, 0.4) is 0 Å². The van der Waals surface area contributed by atoms with E-state index >= 15 is 0 Å². The number of hydrogen-bond donors (Lipinski definition) is 2. The molecule has 0 heterocycles. The molecule has 1 rings (SSSR count). The summed E-state index contributed by atoms with van der Waals surface area (Å²) in [5, 5.41) is 8.82. The van der Waals surface area contributed by atoms with E-state index in [-0.39, 0.29) is 0 Å². The molecule has 1 aromatic rings. The first kappa shape index (κ1) is 9.13. The van der Waals surface area contributed by atoms with Crippen LogP contribution in [0.4, 0.5) is 0 Å². The van der Waals surface area contributed by atoms with Crippen LogP contribution in [0.25, 0.3) is 0 Å². The predicted molar refractivity (Wildman–Crippen MR) is 50.1 cm³/mol. The lowest BCUT2D eigenvalue weighted by Gasteiger charge is -2.06. The molecule has 0 aliphatic carbocycles. The zero-order chi connectivity index (χ0) is 9.30. The molecule has 0 amide bonds. The number of benzene rings is 1. The van der Waals surface area contributed by atoms with Crippen LogP contribution in [0.5, 0.6) is 0 Å². The Morgan fingerprint density at radius 2 is 1.83 bits per heavy atom. The molecule has 64 valence electrons. The molecule has 0 aliphatic rings. The normalized spacial score (nSPS) is 9.92. The van der Waals surface area contributed by atoms with Gasteiger partial charge in [-0.2, -0.15) is 0 Å². The molecule has 0 saturated heterocycles. The zero-order valence-electron chi connectivity index (χ0n) is 6.96. The van der Waals surface area contributed by atoms with E-state index in [2.05, 4.69) is 12.6 Å². The minimum Gasteiger partial charge on any atom is -0.478 e. The number of carboxylic acids is 1. The molecular formula is C9H10O2S. The number of aromatic carboxylic acids is 1. The van der Waals surface area contributed by atoms with Gasteiger partial charge in [-0.15, -0.1) is 12.6 Å². The Balaban J connectivity index is 3.43. The Morgan fingerprint density at radius 3 is 2.25 bits per heavy atom. The topological polar surface area (TPSA) is 37.3 Å². The Morgan fingerprint density at radius 1 is 1.33 bits per heavy atom. The van der Waals surface area contributed by atoms with Crippen LogP contribution in [0.2, 0.25) is 0 Å². The number of carbonyl (C=O) groups is 1. The lowest BCUT2D eigenvalue weighted by Crippen LogP contribution is -2.02. The van der Waals surface area contributed by atoms with E-state index in [1.165, 1.54) is 0 Å². The van der Waals surface area contributed by atoms with Crippen molar-refractivity contribution >= 4 is 18.6 Å². The number of rotatable bonds is 1. The average Bonchev–Trinajstić information content (AvgIpc) is 1.97. The van der Waals surface area contributed by atoms with Crippen LogP contribution in [0, 0.1) is 13.8 Å². The molecule has 12 heavy (non-hydrogen) atoms. The van der Waals surface area contributed by atoms with Gasteiger partial charge >= 0.3 is 5.97 Å². The number of hydrogen-bond acceptors (Lipinski definition) is 2. The minimum atomic E-state index is -0.916. The van der Waals surface area contributed by atoms with E-state index in [9.17, 15) is 4.79 Å². The molecule has 1 aromatic carbocycles. The van der Waals surface area contributed by atoms with Crippen molar-refractivity contribution in [1.82, 2.24) is 0 Å². The monoisotopic (exact) mass is 182 g/mol.